The molecule has 0 fully saturated rings. The van der Waals surface area contributed by atoms with Gasteiger partial charge in [-0.2, -0.15) is 0 Å². The van der Waals surface area contributed by atoms with Crippen molar-refractivity contribution < 1.29 is 5.11 Å². The van der Waals surface area contributed by atoms with Gasteiger partial charge in [0.2, 0.25) is 0 Å². The average Bonchev–Trinajstić information content (AvgIpc) is 2.14. The van der Waals surface area contributed by atoms with Crippen LogP contribution in [0.25, 0.3) is 0 Å². The molecule has 0 aliphatic rings. The molecule has 0 saturated heterocycles. The topological polar surface area (TPSA) is 20.2 Å². The van der Waals surface area contributed by atoms with E-state index >= 15 is 0 Å². The summed E-state index contributed by atoms with van der Waals surface area (Å²) >= 11 is 0. The highest BCUT2D eigenvalue weighted by molar-refractivity contribution is 4.75. The minimum Gasteiger partial charge on any atom is -0.396 e. The van der Waals surface area contributed by atoms with E-state index in [-0.39, 0.29) is 5.41 Å². The van der Waals surface area contributed by atoms with E-state index in [1.54, 1.807) is 0 Å². The van der Waals surface area contributed by atoms with Crippen LogP contribution >= 0.6 is 0 Å². The van der Waals surface area contributed by atoms with Crippen molar-refractivity contribution in [1.29, 1.82) is 0 Å². The summed E-state index contributed by atoms with van der Waals surface area (Å²) in [4.78, 5) is 0. The molecule has 74 valence electrons. The summed E-state index contributed by atoms with van der Waals surface area (Å²) < 4.78 is 0. The monoisotopic (exact) mass is 172 g/mol. The van der Waals surface area contributed by atoms with Crippen molar-refractivity contribution in [3.63, 3.8) is 0 Å². The minimum absolute atomic E-state index is 0.231. The molecule has 0 amide bonds. The Hall–Kier alpha value is -0.0400. The number of unbranched alkanes of at least 4 members (excludes halogenated alkanes) is 2. The molecule has 0 aromatic heterocycles. The van der Waals surface area contributed by atoms with Gasteiger partial charge in [0.25, 0.3) is 0 Å². The fourth-order valence-electron chi connectivity index (χ4n) is 1.66. The highest BCUT2D eigenvalue weighted by atomic mass is 16.3. The molecule has 0 aliphatic carbocycles. The molecule has 1 nitrogen and oxygen atoms in total. The number of hydrogen-bond donors (Lipinski definition) is 1. The van der Waals surface area contributed by atoms with Crippen LogP contribution < -0.4 is 0 Å². The first kappa shape index (κ1) is 12.0. The maximum Gasteiger partial charge on any atom is 0.0487 e. The van der Waals surface area contributed by atoms with E-state index in [2.05, 4.69) is 20.8 Å². The van der Waals surface area contributed by atoms with Gasteiger partial charge in [-0.3, -0.25) is 0 Å². The van der Waals surface area contributed by atoms with E-state index in [9.17, 15) is 5.11 Å². The fourth-order valence-corrected chi connectivity index (χ4v) is 1.66. The van der Waals surface area contributed by atoms with Crippen molar-refractivity contribution >= 4 is 0 Å². The second-order valence-corrected chi connectivity index (χ2v) is 3.82. The highest BCUT2D eigenvalue weighted by Crippen LogP contribution is 2.31. The van der Waals surface area contributed by atoms with E-state index < -0.39 is 0 Å². The van der Waals surface area contributed by atoms with Gasteiger partial charge in [-0.15, -0.1) is 0 Å². The van der Waals surface area contributed by atoms with Crippen LogP contribution in [-0.2, 0) is 0 Å². The fraction of sp³-hybridized carbons (Fsp3) is 1.00. The lowest BCUT2D eigenvalue weighted by Crippen LogP contribution is -2.23. The molecule has 0 bridgehead atoms. The van der Waals surface area contributed by atoms with Crippen LogP contribution in [0.1, 0.15) is 59.3 Å². The lowest BCUT2D eigenvalue weighted by atomic mass is 9.78. The van der Waals surface area contributed by atoms with Crippen molar-refractivity contribution in [1.82, 2.24) is 0 Å². The van der Waals surface area contributed by atoms with E-state index in [0.717, 1.165) is 12.8 Å². The number of aliphatic hydroxyl groups excluding tert-OH is 1. The molecule has 0 saturated carbocycles. The van der Waals surface area contributed by atoms with E-state index in [0.29, 0.717) is 6.61 Å². The van der Waals surface area contributed by atoms with Crippen molar-refractivity contribution in [3.8, 4) is 0 Å². The zero-order chi connectivity index (χ0) is 9.45. The highest BCUT2D eigenvalue weighted by Gasteiger charge is 2.23. The normalized spacial score (nSPS) is 12.0. The molecule has 0 aromatic rings. The van der Waals surface area contributed by atoms with Crippen LogP contribution in [-0.4, -0.2) is 11.7 Å². The Morgan fingerprint density at radius 3 is 1.92 bits per heavy atom. The second-order valence-electron chi connectivity index (χ2n) is 3.82. The molecule has 1 heteroatoms. The van der Waals surface area contributed by atoms with Crippen LogP contribution in [0.4, 0.5) is 0 Å². The third-order valence-corrected chi connectivity index (χ3v) is 3.15. The molecular formula is C11H24O. The Bertz CT molecular complexity index is 86.9. The summed E-state index contributed by atoms with van der Waals surface area (Å²) in [6, 6.07) is 0. The Balaban J connectivity index is 3.76. The molecule has 1 N–H and O–H groups in total. The molecule has 0 heterocycles. The first-order valence-electron chi connectivity index (χ1n) is 5.35. The SMILES string of the molecule is CCCCCC(CC)(CC)CO. The quantitative estimate of drug-likeness (QED) is 0.584. The zero-order valence-corrected chi connectivity index (χ0v) is 8.90. The van der Waals surface area contributed by atoms with E-state index in [4.69, 9.17) is 0 Å². The maximum absolute atomic E-state index is 9.28. The summed E-state index contributed by atoms with van der Waals surface area (Å²) in [6.45, 7) is 6.96. The maximum atomic E-state index is 9.28. The molecule has 0 spiro atoms. The lowest BCUT2D eigenvalue weighted by molar-refractivity contribution is 0.102. The Morgan fingerprint density at radius 1 is 1.00 bits per heavy atom. The number of aliphatic hydroxyl groups is 1. The first-order chi connectivity index (χ1) is 5.74. The Kier molecular flexibility index (Phi) is 6.45. The van der Waals surface area contributed by atoms with Gasteiger partial charge in [0.15, 0.2) is 0 Å². The van der Waals surface area contributed by atoms with Crippen LogP contribution in [0.5, 0.6) is 0 Å². The minimum atomic E-state index is 0.231. The van der Waals surface area contributed by atoms with E-state index in [1.807, 2.05) is 0 Å². The van der Waals surface area contributed by atoms with Gasteiger partial charge in [0.05, 0.1) is 0 Å². The van der Waals surface area contributed by atoms with Gasteiger partial charge in [-0.05, 0) is 24.7 Å². The average molecular weight is 172 g/mol. The van der Waals surface area contributed by atoms with Crippen LogP contribution in [0.2, 0.25) is 0 Å². The summed E-state index contributed by atoms with van der Waals surface area (Å²) in [5.74, 6) is 0. The smallest absolute Gasteiger partial charge is 0.0487 e. The third-order valence-electron chi connectivity index (χ3n) is 3.15. The van der Waals surface area contributed by atoms with Crippen molar-refractivity contribution in [2.24, 2.45) is 5.41 Å². The summed E-state index contributed by atoms with van der Waals surface area (Å²) in [5, 5.41) is 9.28. The summed E-state index contributed by atoms with van der Waals surface area (Å²) in [6.07, 6.45) is 7.28. The van der Waals surface area contributed by atoms with Crippen LogP contribution in [0.3, 0.4) is 0 Å². The number of hydrogen-bond acceptors (Lipinski definition) is 1. The molecule has 0 aliphatic heterocycles. The predicted octanol–water partition coefficient (Wildman–Crippen LogP) is 3.37. The largest absolute Gasteiger partial charge is 0.396 e. The Morgan fingerprint density at radius 2 is 1.58 bits per heavy atom. The van der Waals surface area contributed by atoms with Gasteiger partial charge < -0.3 is 5.11 Å². The van der Waals surface area contributed by atoms with Gasteiger partial charge >= 0.3 is 0 Å². The van der Waals surface area contributed by atoms with Crippen molar-refractivity contribution in [2.45, 2.75) is 59.3 Å². The summed E-state index contributed by atoms with van der Waals surface area (Å²) in [5.41, 5.74) is 0.231. The third kappa shape index (κ3) is 3.57. The molecular weight excluding hydrogens is 148 g/mol. The van der Waals surface area contributed by atoms with Crippen molar-refractivity contribution in [2.75, 3.05) is 6.61 Å². The first-order valence-corrected chi connectivity index (χ1v) is 5.35. The molecule has 0 radical (unpaired) electrons. The summed E-state index contributed by atoms with van der Waals surface area (Å²) in [7, 11) is 0. The van der Waals surface area contributed by atoms with Crippen LogP contribution in [0.15, 0.2) is 0 Å². The predicted molar refractivity (Wildman–Crippen MR) is 54.2 cm³/mol. The van der Waals surface area contributed by atoms with Gasteiger partial charge in [-0.25, -0.2) is 0 Å². The molecule has 0 unspecified atom stereocenters. The van der Waals surface area contributed by atoms with Crippen LogP contribution in [0, 0.1) is 5.41 Å². The Labute approximate surface area is 77.2 Å². The second kappa shape index (κ2) is 6.47. The van der Waals surface area contributed by atoms with Crippen molar-refractivity contribution in [3.05, 3.63) is 0 Å². The number of rotatable bonds is 7. The van der Waals surface area contributed by atoms with Gasteiger partial charge in [-0.1, -0.05) is 40.0 Å². The standard InChI is InChI=1S/C11H24O/c1-4-7-8-9-11(5-2,6-3)10-12/h12H,4-10H2,1-3H3. The molecule has 0 aromatic carbocycles. The zero-order valence-electron chi connectivity index (χ0n) is 8.90. The molecule has 0 atom stereocenters. The van der Waals surface area contributed by atoms with E-state index in [1.165, 1.54) is 25.7 Å². The van der Waals surface area contributed by atoms with Gasteiger partial charge in [0.1, 0.15) is 0 Å². The van der Waals surface area contributed by atoms with Gasteiger partial charge in [0, 0.05) is 6.61 Å². The lowest BCUT2D eigenvalue weighted by Gasteiger charge is -2.29. The molecule has 12 heavy (non-hydrogen) atoms. The molecule has 0 rings (SSSR count).